The molecule has 0 aliphatic rings. The largest absolute Gasteiger partial charge is 0.471 e. The number of carbonyl (C=O) groups is 2. The van der Waals surface area contributed by atoms with E-state index < -0.39 is 24.0 Å². The fourth-order valence-electron chi connectivity index (χ4n) is 3.73. The first kappa shape index (κ1) is 27.8. The average Bonchev–Trinajstić information content (AvgIpc) is 2.90. The second-order valence-corrected chi connectivity index (χ2v) is 8.09. The quantitative estimate of drug-likeness (QED) is 0.292. The molecule has 0 saturated heterocycles. The van der Waals surface area contributed by atoms with Gasteiger partial charge in [0, 0.05) is 37.9 Å². The van der Waals surface area contributed by atoms with Gasteiger partial charge in [0.25, 0.3) is 0 Å². The summed E-state index contributed by atoms with van der Waals surface area (Å²) < 4.78 is 41.1. The van der Waals surface area contributed by atoms with Crippen molar-refractivity contribution in [2.24, 2.45) is 0 Å². The number of amides is 2. The van der Waals surface area contributed by atoms with Crippen LogP contribution in [0, 0.1) is 0 Å². The van der Waals surface area contributed by atoms with Crippen molar-refractivity contribution in [3.05, 3.63) is 95.6 Å². The Balaban J connectivity index is 1.92. The molecule has 11 heteroatoms. The van der Waals surface area contributed by atoms with E-state index in [1.165, 1.54) is 31.6 Å². The first-order valence-electron chi connectivity index (χ1n) is 11.5. The summed E-state index contributed by atoms with van der Waals surface area (Å²) >= 11 is 0. The Bertz CT molecular complexity index is 1150. The number of nitrogens with zero attached hydrogens (tertiary/aromatic N) is 3. The lowest BCUT2D eigenvalue weighted by Gasteiger charge is -2.32. The zero-order valence-electron chi connectivity index (χ0n) is 20.1. The molecule has 1 unspecified atom stereocenters. The Morgan fingerprint density at radius 3 is 2.22 bits per heavy atom. The van der Waals surface area contributed by atoms with E-state index in [-0.39, 0.29) is 31.7 Å². The monoisotopic (exact) mass is 516 g/mol. The van der Waals surface area contributed by atoms with Crippen molar-refractivity contribution >= 4 is 11.8 Å². The van der Waals surface area contributed by atoms with Crippen LogP contribution in [0.15, 0.2) is 73.3 Å². The fourth-order valence-corrected chi connectivity index (χ4v) is 3.73. The molecule has 1 atom stereocenters. The smallest absolute Gasteiger partial charge is 0.354 e. The van der Waals surface area contributed by atoms with Gasteiger partial charge in [-0.15, -0.1) is 0 Å². The molecule has 2 aromatic heterocycles. The van der Waals surface area contributed by atoms with Crippen molar-refractivity contribution in [2.75, 3.05) is 20.2 Å². The number of benzene rings is 1. The van der Waals surface area contributed by atoms with Crippen LogP contribution in [0.3, 0.4) is 0 Å². The highest BCUT2D eigenvalue weighted by molar-refractivity contribution is 5.90. The molecule has 0 saturated carbocycles. The van der Waals surface area contributed by atoms with Crippen molar-refractivity contribution < 1.29 is 32.5 Å². The number of halogens is 3. The van der Waals surface area contributed by atoms with Crippen LogP contribution >= 0.6 is 0 Å². The van der Waals surface area contributed by atoms with Crippen LogP contribution in [0.5, 0.6) is 0 Å². The van der Waals surface area contributed by atoms with Gasteiger partial charge in [0.1, 0.15) is 12.6 Å². The van der Waals surface area contributed by atoms with E-state index >= 15 is 0 Å². The lowest BCUT2D eigenvalue weighted by atomic mass is 10.0. The minimum Gasteiger partial charge on any atom is -0.354 e. The maximum Gasteiger partial charge on any atom is 0.471 e. The Morgan fingerprint density at radius 1 is 0.973 bits per heavy atom. The normalized spacial score (nSPS) is 12.1. The Labute approximate surface area is 212 Å². The molecule has 0 bridgehead atoms. The molecule has 3 rings (SSSR count). The van der Waals surface area contributed by atoms with Gasteiger partial charge in [-0.3, -0.25) is 19.6 Å². The standard InChI is InChI=1S/C26H27F3N4O4/c1-36-37-18-21-5-2-8-22(15-21)23(24(34)32-13-9-19-6-3-11-30-16-19)33(25(35)26(27,28)29)14-10-20-7-4-12-31-17-20/h2-8,11-12,15-17,23H,9-10,13-14,18H2,1H3,(H,32,34). The summed E-state index contributed by atoms with van der Waals surface area (Å²) in [6.45, 7) is -0.212. The fraction of sp³-hybridized carbons (Fsp3) is 0.308. The molecule has 3 aromatic rings. The summed E-state index contributed by atoms with van der Waals surface area (Å²) in [5, 5.41) is 2.68. The highest BCUT2D eigenvalue weighted by Crippen LogP contribution is 2.29. The molecule has 1 aromatic carbocycles. The lowest BCUT2D eigenvalue weighted by molar-refractivity contribution is -0.282. The molecule has 0 aliphatic carbocycles. The summed E-state index contributed by atoms with van der Waals surface area (Å²) in [5.74, 6) is -2.85. The lowest BCUT2D eigenvalue weighted by Crippen LogP contribution is -2.49. The topological polar surface area (TPSA) is 93.7 Å². The van der Waals surface area contributed by atoms with Crippen molar-refractivity contribution in [3.63, 3.8) is 0 Å². The maximum absolute atomic E-state index is 13.7. The van der Waals surface area contributed by atoms with Crippen LogP contribution in [-0.2, 0) is 38.8 Å². The van der Waals surface area contributed by atoms with Crippen molar-refractivity contribution in [3.8, 4) is 0 Å². The third-order valence-electron chi connectivity index (χ3n) is 5.47. The number of nitrogens with one attached hydrogen (secondary N) is 1. The molecular weight excluding hydrogens is 489 g/mol. The van der Waals surface area contributed by atoms with E-state index in [0.717, 1.165) is 5.56 Å². The van der Waals surface area contributed by atoms with Crippen molar-refractivity contribution in [1.29, 1.82) is 0 Å². The molecule has 2 amide bonds. The average molecular weight is 517 g/mol. The number of carbonyl (C=O) groups excluding carboxylic acids is 2. The van der Waals surface area contributed by atoms with E-state index in [1.807, 2.05) is 6.07 Å². The minimum atomic E-state index is -5.18. The third-order valence-corrected chi connectivity index (χ3v) is 5.47. The van der Waals surface area contributed by atoms with Gasteiger partial charge >= 0.3 is 12.1 Å². The van der Waals surface area contributed by atoms with Crippen LogP contribution < -0.4 is 5.32 Å². The molecule has 37 heavy (non-hydrogen) atoms. The van der Waals surface area contributed by atoms with Gasteiger partial charge in [-0.25, -0.2) is 9.78 Å². The molecular formula is C26H27F3N4O4. The number of aromatic nitrogens is 2. The number of alkyl halides is 3. The maximum atomic E-state index is 13.7. The van der Waals surface area contributed by atoms with E-state index in [9.17, 15) is 22.8 Å². The van der Waals surface area contributed by atoms with Gasteiger partial charge in [0.05, 0.1) is 7.11 Å². The first-order valence-corrected chi connectivity index (χ1v) is 11.5. The highest BCUT2D eigenvalue weighted by Gasteiger charge is 2.46. The van der Waals surface area contributed by atoms with Gasteiger partial charge in [0.15, 0.2) is 0 Å². The molecule has 8 nitrogen and oxygen atoms in total. The SMILES string of the molecule is COOCc1cccc(C(C(=O)NCCc2cccnc2)N(CCc2cccnc2)C(=O)C(F)(F)F)c1. The Hall–Kier alpha value is -3.83. The van der Waals surface area contributed by atoms with E-state index in [4.69, 9.17) is 4.89 Å². The second kappa shape index (κ2) is 13.5. The van der Waals surface area contributed by atoms with Crippen LogP contribution in [0.2, 0.25) is 0 Å². The van der Waals surface area contributed by atoms with Gasteiger partial charge in [-0.2, -0.15) is 13.2 Å². The van der Waals surface area contributed by atoms with E-state index in [1.54, 1.807) is 42.7 Å². The van der Waals surface area contributed by atoms with Gasteiger partial charge in [0.2, 0.25) is 5.91 Å². The summed E-state index contributed by atoms with van der Waals surface area (Å²) in [4.78, 5) is 44.1. The molecule has 0 spiro atoms. The van der Waals surface area contributed by atoms with Crippen LogP contribution in [0.25, 0.3) is 0 Å². The second-order valence-electron chi connectivity index (χ2n) is 8.09. The predicted octanol–water partition coefficient (Wildman–Crippen LogP) is 3.59. The first-order chi connectivity index (χ1) is 17.8. The van der Waals surface area contributed by atoms with Crippen molar-refractivity contribution in [2.45, 2.75) is 31.7 Å². The zero-order chi connectivity index (χ0) is 26.7. The van der Waals surface area contributed by atoms with Gasteiger partial charge in [-0.05, 0) is 47.2 Å². The molecule has 0 fully saturated rings. The predicted molar refractivity (Wildman–Crippen MR) is 128 cm³/mol. The van der Waals surface area contributed by atoms with E-state index in [0.29, 0.717) is 22.4 Å². The molecule has 1 N–H and O–H groups in total. The summed E-state index contributed by atoms with van der Waals surface area (Å²) in [6, 6.07) is 11.6. The summed E-state index contributed by atoms with van der Waals surface area (Å²) in [7, 11) is 1.32. The molecule has 0 aliphatic heterocycles. The number of rotatable bonds is 12. The highest BCUT2D eigenvalue weighted by atomic mass is 19.4. The van der Waals surface area contributed by atoms with Crippen LogP contribution in [0.1, 0.15) is 28.3 Å². The number of pyridine rings is 2. The van der Waals surface area contributed by atoms with Gasteiger partial charge < -0.3 is 10.2 Å². The summed E-state index contributed by atoms with van der Waals surface area (Å²) in [5.41, 5.74) is 2.23. The molecule has 2 heterocycles. The summed E-state index contributed by atoms with van der Waals surface area (Å²) in [6.07, 6.45) is 1.59. The third kappa shape index (κ3) is 8.36. The van der Waals surface area contributed by atoms with Gasteiger partial charge in [-0.1, -0.05) is 36.4 Å². The van der Waals surface area contributed by atoms with Crippen LogP contribution in [0.4, 0.5) is 13.2 Å². The minimum absolute atomic E-state index is 0.00257. The number of hydrogen-bond donors (Lipinski definition) is 1. The Kier molecular flexibility index (Phi) is 10.1. The van der Waals surface area contributed by atoms with Crippen LogP contribution in [-0.4, -0.2) is 53.1 Å². The molecule has 196 valence electrons. The zero-order valence-corrected chi connectivity index (χ0v) is 20.1. The van der Waals surface area contributed by atoms with Crippen molar-refractivity contribution in [1.82, 2.24) is 20.2 Å². The number of hydrogen-bond acceptors (Lipinski definition) is 6. The van der Waals surface area contributed by atoms with E-state index in [2.05, 4.69) is 20.2 Å². The Morgan fingerprint density at radius 2 is 1.62 bits per heavy atom. The molecule has 0 radical (unpaired) electrons.